The summed E-state index contributed by atoms with van der Waals surface area (Å²) >= 11 is 6.00. The fraction of sp³-hybridized carbons (Fsp3) is 0.250. The van der Waals surface area contributed by atoms with Crippen LogP contribution in [0.25, 0.3) is 0 Å². The lowest BCUT2D eigenvalue weighted by molar-refractivity contribution is -0.137. The van der Waals surface area contributed by atoms with Crippen LogP contribution in [-0.2, 0) is 11.2 Å². The minimum absolute atomic E-state index is 0.127. The summed E-state index contributed by atoms with van der Waals surface area (Å²) in [4.78, 5) is 27.2. The summed E-state index contributed by atoms with van der Waals surface area (Å²) in [5.74, 6) is -0.996. The number of aromatic nitrogens is 1. The molecule has 20 heavy (non-hydrogen) atoms. The molecule has 0 aliphatic heterocycles. The number of carboxylic acid groups (broad SMARTS) is 1. The van der Waals surface area contributed by atoms with Crippen molar-refractivity contribution < 1.29 is 14.7 Å². The van der Waals surface area contributed by atoms with Gasteiger partial charge in [0.1, 0.15) is 0 Å². The number of aryl methyl sites for hydroxylation is 1. The first-order valence-corrected chi connectivity index (χ1v) is 8.26. The van der Waals surface area contributed by atoms with Gasteiger partial charge in [-0.3, -0.25) is 14.9 Å². The van der Waals surface area contributed by atoms with Crippen LogP contribution in [0.1, 0.15) is 28.2 Å². The van der Waals surface area contributed by atoms with Crippen molar-refractivity contribution in [2.24, 2.45) is 0 Å². The zero-order valence-corrected chi connectivity index (χ0v) is 13.5. The Kier molecular flexibility index (Phi) is 5.27. The summed E-state index contributed by atoms with van der Waals surface area (Å²) in [7, 11) is 0. The van der Waals surface area contributed by atoms with Crippen LogP contribution >= 0.6 is 38.6 Å². The summed E-state index contributed by atoms with van der Waals surface area (Å²) in [5.41, 5.74) is 0.805. The lowest BCUT2D eigenvalue weighted by Gasteiger charge is -1.98. The van der Waals surface area contributed by atoms with Crippen LogP contribution in [0.5, 0.6) is 0 Å². The van der Waals surface area contributed by atoms with E-state index >= 15 is 0 Å². The van der Waals surface area contributed by atoms with Gasteiger partial charge in [-0.15, -0.1) is 22.7 Å². The number of carboxylic acids is 1. The number of nitrogens with zero attached hydrogens (tertiary/aromatic N) is 1. The highest BCUT2D eigenvalue weighted by Gasteiger charge is 2.11. The smallest absolute Gasteiger partial charge is 0.303 e. The van der Waals surface area contributed by atoms with Crippen LogP contribution in [0.2, 0.25) is 0 Å². The number of anilines is 1. The Morgan fingerprint density at radius 3 is 2.85 bits per heavy atom. The second-order valence-corrected chi connectivity index (χ2v) is 7.27. The number of carbonyl (C=O) groups excluding carboxylic acids is 1. The van der Waals surface area contributed by atoms with E-state index < -0.39 is 5.97 Å². The number of rotatable bonds is 6. The molecule has 0 fully saturated rings. The molecule has 106 valence electrons. The van der Waals surface area contributed by atoms with Crippen molar-refractivity contribution in [1.82, 2.24) is 4.98 Å². The number of thiophene rings is 1. The molecule has 0 saturated carbocycles. The molecule has 0 aliphatic carbocycles. The third-order valence-corrected chi connectivity index (χ3v) is 4.82. The van der Waals surface area contributed by atoms with Gasteiger partial charge in [-0.2, -0.15) is 0 Å². The topological polar surface area (TPSA) is 79.3 Å². The molecule has 0 saturated heterocycles. The van der Waals surface area contributed by atoms with Crippen molar-refractivity contribution in [3.05, 3.63) is 31.9 Å². The number of halogens is 1. The first-order chi connectivity index (χ1) is 9.54. The number of amides is 1. The maximum atomic E-state index is 11.9. The SMILES string of the molecule is O=C(O)CCCc1csc(NC(=O)c2ccc(Br)s2)n1. The minimum atomic E-state index is -0.808. The van der Waals surface area contributed by atoms with E-state index in [-0.39, 0.29) is 12.3 Å². The summed E-state index contributed by atoms with van der Waals surface area (Å²) < 4.78 is 0.899. The second kappa shape index (κ2) is 6.96. The lowest BCUT2D eigenvalue weighted by Crippen LogP contribution is -2.09. The maximum Gasteiger partial charge on any atom is 0.303 e. The summed E-state index contributed by atoms with van der Waals surface area (Å²) in [6, 6.07) is 3.56. The van der Waals surface area contributed by atoms with Crippen molar-refractivity contribution in [1.29, 1.82) is 0 Å². The Morgan fingerprint density at radius 1 is 1.40 bits per heavy atom. The molecule has 0 radical (unpaired) electrons. The van der Waals surface area contributed by atoms with E-state index in [1.165, 1.54) is 22.7 Å². The van der Waals surface area contributed by atoms with Gasteiger partial charge in [-0.25, -0.2) is 4.98 Å². The van der Waals surface area contributed by atoms with Crippen LogP contribution in [0.3, 0.4) is 0 Å². The molecule has 0 aromatic carbocycles. The molecule has 0 atom stereocenters. The van der Waals surface area contributed by atoms with Crippen molar-refractivity contribution in [3.63, 3.8) is 0 Å². The zero-order valence-electron chi connectivity index (χ0n) is 10.3. The molecule has 0 aliphatic rings. The molecule has 2 rings (SSSR count). The molecule has 0 bridgehead atoms. The molecule has 2 N–H and O–H groups in total. The van der Waals surface area contributed by atoms with Crippen LogP contribution in [0.4, 0.5) is 5.13 Å². The number of hydrogen-bond donors (Lipinski definition) is 2. The van der Waals surface area contributed by atoms with Crippen LogP contribution in [0.15, 0.2) is 21.3 Å². The number of carbonyl (C=O) groups is 2. The largest absolute Gasteiger partial charge is 0.481 e. The van der Waals surface area contributed by atoms with Crippen molar-refractivity contribution in [3.8, 4) is 0 Å². The Balaban J connectivity index is 1.89. The van der Waals surface area contributed by atoms with Crippen LogP contribution in [0, 0.1) is 0 Å². The maximum absolute atomic E-state index is 11.9. The second-order valence-electron chi connectivity index (χ2n) is 3.95. The molecule has 2 heterocycles. The number of thiazole rings is 1. The Hall–Kier alpha value is -1.25. The van der Waals surface area contributed by atoms with Gasteiger partial charge in [0.15, 0.2) is 5.13 Å². The average Bonchev–Trinajstić information content (AvgIpc) is 2.98. The molecule has 0 unspecified atom stereocenters. The van der Waals surface area contributed by atoms with Gasteiger partial charge >= 0.3 is 5.97 Å². The molecule has 2 aromatic rings. The molecule has 2 aromatic heterocycles. The third kappa shape index (κ3) is 4.39. The average molecular weight is 375 g/mol. The van der Waals surface area contributed by atoms with Gasteiger partial charge < -0.3 is 5.11 Å². The standard InChI is InChI=1S/C12H11BrN2O3S2/c13-9-5-4-8(20-9)11(18)15-12-14-7(6-19-12)2-1-3-10(16)17/h4-6H,1-3H2,(H,16,17)(H,14,15,18). The van der Waals surface area contributed by atoms with Gasteiger partial charge in [0.05, 0.1) is 14.4 Å². The van der Waals surface area contributed by atoms with E-state index in [1.807, 2.05) is 11.4 Å². The molecular weight excluding hydrogens is 364 g/mol. The highest BCUT2D eigenvalue weighted by Crippen LogP contribution is 2.24. The van der Waals surface area contributed by atoms with E-state index in [1.54, 1.807) is 6.07 Å². The van der Waals surface area contributed by atoms with E-state index in [2.05, 4.69) is 26.2 Å². The third-order valence-electron chi connectivity index (χ3n) is 2.39. The molecule has 5 nitrogen and oxygen atoms in total. The van der Waals surface area contributed by atoms with Crippen molar-refractivity contribution >= 4 is 55.6 Å². The van der Waals surface area contributed by atoms with E-state index in [9.17, 15) is 9.59 Å². The number of hydrogen-bond acceptors (Lipinski definition) is 5. The van der Waals surface area contributed by atoms with Gasteiger partial charge in [-0.05, 0) is 40.9 Å². The quantitative estimate of drug-likeness (QED) is 0.808. The summed E-state index contributed by atoms with van der Waals surface area (Å²) in [6.07, 6.45) is 1.27. The summed E-state index contributed by atoms with van der Waals surface area (Å²) in [5, 5.41) is 13.7. The monoisotopic (exact) mass is 374 g/mol. The summed E-state index contributed by atoms with van der Waals surface area (Å²) in [6.45, 7) is 0. The minimum Gasteiger partial charge on any atom is -0.481 e. The van der Waals surface area contributed by atoms with Gasteiger partial charge in [-0.1, -0.05) is 0 Å². The molecule has 1 amide bonds. The van der Waals surface area contributed by atoms with Crippen molar-refractivity contribution in [2.75, 3.05) is 5.32 Å². The molecular formula is C12H11BrN2O3S2. The van der Waals surface area contributed by atoms with E-state index in [0.717, 1.165) is 9.48 Å². The van der Waals surface area contributed by atoms with Crippen LogP contribution < -0.4 is 5.32 Å². The van der Waals surface area contributed by atoms with Crippen LogP contribution in [-0.4, -0.2) is 22.0 Å². The van der Waals surface area contributed by atoms with E-state index in [4.69, 9.17) is 5.11 Å². The van der Waals surface area contributed by atoms with Gasteiger partial charge in [0, 0.05) is 11.8 Å². The lowest BCUT2D eigenvalue weighted by atomic mass is 10.2. The normalized spacial score (nSPS) is 10.4. The number of aliphatic carboxylic acids is 1. The first-order valence-electron chi connectivity index (χ1n) is 5.77. The predicted octanol–water partition coefficient (Wildman–Crippen LogP) is 3.63. The fourth-order valence-corrected chi connectivity index (χ4v) is 3.52. The van der Waals surface area contributed by atoms with E-state index in [0.29, 0.717) is 22.9 Å². The number of nitrogens with one attached hydrogen (secondary N) is 1. The molecule has 8 heteroatoms. The molecule has 0 spiro atoms. The fourth-order valence-electron chi connectivity index (χ4n) is 1.49. The highest BCUT2D eigenvalue weighted by atomic mass is 79.9. The Morgan fingerprint density at radius 2 is 2.20 bits per heavy atom. The Bertz CT molecular complexity index is 624. The van der Waals surface area contributed by atoms with Crippen molar-refractivity contribution in [2.45, 2.75) is 19.3 Å². The highest BCUT2D eigenvalue weighted by molar-refractivity contribution is 9.11. The predicted molar refractivity (Wildman–Crippen MR) is 82.7 cm³/mol. The Labute approximate surface area is 131 Å². The van der Waals surface area contributed by atoms with Gasteiger partial charge in [0.25, 0.3) is 5.91 Å². The van der Waals surface area contributed by atoms with Gasteiger partial charge in [0.2, 0.25) is 0 Å². The first kappa shape index (κ1) is 15.1. The zero-order chi connectivity index (χ0) is 14.5.